The molecule has 0 bridgehead atoms. The second kappa shape index (κ2) is 5.77. The number of aliphatic hydroxyl groups is 1. The van der Waals surface area contributed by atoms with Crippen LogP contribution in [0.15, 0.2) is 30.6 Å². The van der Waals surface area contributed by atoms with Gasteiger partial charge in [0.2, 0.25) is 0 Å². The fraction of sp³-hybridized carbons (Fsp3) is 0.333. The minimum absolute atomic E-state index is 0.0308. The highest BCUT2D eigenvalue weighted by molar-refractivity contribution is 6.30. The summed E-state index contributed by atoms with van der Waals surface area (Å²) in [5, 5.41) is 13.0. The maximum atomic E-state index is 9.15. The van der Waals surface area contributed by atoms with Crippen LogP contribution in [-0.4, -0.2) is 21.7 Å². The maximum Gasteiger partial charge on any atom is 0.137 e. The Hall–Kier alpha value is -1.65. The Morgan fingerprint density at radius 1 is 1.30 bits per heavy atom. The van der Waals surface area contributed by atoms with Gasteiger partial charge in [-0.1, -0.05) is 35.9 Å². The van der Waals surface area contributed by atoms with Crippen LogP contribution in [0.2, 0.25) is 5.15 Å². The quantitative estimate of drug-likeness (QED) is 0.850. The van der Waals surface area contributed by atoms with Crippen LogP contribution in [0.5, 0.6) is 0 Å². The Labute approximate surface area is 122 Å². The molecule has 2 aromatic rings. The largest absolute Gasteiger partial charge is 0.396 e. The maximum absolute atomic E-state index is 9.15. The minimum atomic E-state index is 0.0308. The third-order valence-electron chi connectivity index (χ3n) is 3.70. The van der Waals surface area contributed by atoms with E-state index in [0.29, 0.717) is 11.6 Å². The Morgan fingerprint density at radius 2 is 2.15 bits per heavy atom. The Balaban J connectivity index is 1.88. The van der Waals surface area contributed by atoms with Crippen molar-refractivity contribution in [3.8, 4) is 0 Å². The molecule has 0 amide bonds. The van der Waals surface area contributed by atoms with Gasteiger partial charge in [-0.05, 0) is 24.0 Å². The molecule has 2 N–H and O–H groups in total. The molecule has 0 radical (unpaired) electrons. The van der Waals surface area contributed by atoms with Gasteiger partial charge in [-0.3, -0.25) is 0 Å². The summed E-state index contributed by atoms with van der Waals surface area (Å²) in [5.74, 6) is 0.723. The van der Waals surface area contributed by atoms with Gasteiger partial charge in [0.05, 0.1) is 6.04 Å². The first-order chi connectivity index (χ1) is 9.79. The van der Waals surface area contributed by atoms with Gasteiger partial charge in [-0.15, -0.1) is 0 Å². The van der Waals surface area contributed by atoms with E-state index in [2.05, 4.69) is 39.6 Å². The predicted molar refractivity (Wildman–Crippen MR) is 79.0 cm³/mol. The number of hydrogen-bond acceptors (Lipinski definition) is 4. The molecule has 104 valence electrons. The zero-order valence-corrected chi connectivity index (χ0v) is 11.8. The highest BCUT2D eigenvalue weighted by atomic mass is 35.5. The molecule has 1 atom stereocenters. The average molecular weight is 290 g/mol. The van der Waals surface area contributed by atoms with Crippen LogP contribution < -0.4 is 5.32 Å². The summed E-state index contributed by atoms with van der Waals surface area (Å²) < 4.78 is 0. The van der Waals surface area contributed by atoms with E-state index in [1.807, 2.05) is 0 Å². The molecule has 5 heteroatoms. The van der Waals surface area contributed by atoms with Gasteiger partial charge < -0.3 is 10.4 Å². The SMILES string of the molecule is OCCc1c(Cl)ncnc1N[C@H]1CCc2ccccc21. The van der Waals surface area contributed by atoms with Crippen LogP contribution in [0.3, 0.4) is 0 Å². The second-order valence-corrected chi connectivity index (χ2v) is 5.26. The minimum Gasteiger partial charge on any atom is -0.396 e. The summed E-state index contributed by atoms with van der Waals surface area (Å²) in [4.78, 5) is 8.26. The third kappa shape index (κ3) is 2.49. The molecule has 0 unspecified atom stereocenters. The van der Waals surface area contributed by atoms with Crippen molar-refractivity contribution in [2.45, 2.75) is 25.3 Å². The van der Waals surface area contributed by atoms with Gasteiger partial charge in [-0.25, -0.2) is 9.97 Å². The van der Waals surface area contributed by atoms with Gasteiger partial charge in [0, 0.05) is 18.6 Å². The fourth-order valence-electron chi connectivity index (χ4n) is 2.72. The number of nitrogens with one attached hydrogen (secondary N) is 1. The van der Waals surface area contributed by atoms with Crippen LogP contribution in [0.1, 0.15) is 29.2 Å². The lowest BCUT2D eigenvalue weighted by atomic mass is 10.1. The number of nitrogens with zero attached hydrogens (tertiary/aromatic N) is 2. The van der Waals surface area contributed by atoms with Crippen molar-refractivity contribution in [3.05, 3.63) is 52.4 Å². The van der Waals surface area contributed by atoms with Crippen molar-refractivity contribution in [1.29, 1.82) is 0 Å². The second-order valence-electron chi connectivity index (χ2n) is 4.90. The van der Waals surface area contributed by atoms with E-state index in [1.54, 1.807) is 0 Å². The lowest BCUT2D eigenvalue weighted by molar-refractivity contribution is 0.299. The first-order valence-electron chi connectivity index (χ1n) is 6.74. The van der Waals surface area contributed by atoms with Crippen molar-refractivity contribution in [3.63, 3.8) is 0 Å². The smallest absolute Gasteiger partial charge is 0.137 e. The lowest BCUT2D eigenvalue weighted by Crippen LogP contribution is -2.12. The summed E-state index contributed by atoms with van der Waals surface area (Å²) in [6.07, 6.45) is 4.02. The number of halogens is 1. The number of aryl methyl sites for hydroxylation is 1. The van der Waals surface area contributed by atoms with Crippen LogP contribution in [0, 0.1) is 0 Å². The summed E-state index contributed by atoms with van der Waals surface area (Å²) in [6, 6.07) is 8.68. The fourth-order valence-corrected chi connectivity index (χ4v) is 2.95. The molecule has 0 aliphatic heterocycles. The van der Waals surface area contributed by atoms with Crippen LogP contribution >= 0.6 is 11.6 Å². The van der Waals surface area contributed by atoms with Gasteiger partial charge in [0.1, 0.15) is 17.3 Å². The molecule has 1 aromatic carbocycles. The predicted octanol–water partition coefficient (Wildman–Crippen LogP) is 2.76. The van der Waals surface area contributed by atoms with E-state index in [-0.39, 0.29) is 12.6 Å². The summed E-state index contributed by atoms with van der Waals surface area (Å²) in [7, 11) is 0. The molecule has 4 nitrogen and oxygen atoms in total. The van der Waals surface area contributed by atoms with Gasteiger partial charge in [0.25, 0.3) is 0 Å². The van der Waals surface area contributed by atoms with Gasteiger partial charge in [-0.2, -0.15) is 0 Å². The van der Waals surface area contributed by atoms with Crippen molar-refractivity contribution in [1.82, 2.24) is 9.97 Å². The molecule has 0 fully saturated rings. The van der Waals surface area contributed by atoms with E-state index >= 15 is 0 Å². The molecule has 0 spiro atoms. The van der Waals surface area contributed by atoms with Crippen molar-refractivity contribution >= 4 is 17.4 Å². The molecule has 0 saturated heterocycles. The van der Waals surface area contributed by atoms with E-state index in [0.717, 1.165) is 24.2 Å². The molecule has 1 aliphatic carbocycles. The zero-order valence-electron chi connectivity index (χ0n) is 11.0. The lowest BCUT2D eigenvalue weighted by Gasteiger charge is -2.17. The molecule has 1 heterocycles. The zero-order chi connectivity index (χ0) is 13.9. The van der Waals surface area contributed by atoms with Crippen LogP contribution in [-0.2, 0) is 12.8 Å². The van der Waals surface area contributed by atoms with Crippen molar-refractivity contribution in [2.75, 3.05) is 11.9 Å². The first kappa shape index (κ1) is 13.3. The van der Waals surface area contributed by atoms with Crippen LogP contribution in [0.25, 0.3) is 0 Å². The highest BCUT2D eigenvalue weighted by Crippen LogP contribution is 2.34. The van der Waals surface area contributed by atoms with Gasteiger partial charge >= 0.3 is 0 Å². The summed E-state index contributed by atoms with van der Waals surface area (Å²) >= 11 is 6.09. The number of fused-ring (bicyclic) bond motifs is 1. The molecule has 1 aromatic heterocycles. The Bertz CT molecular complexity index is 618. The number of aromatic nitrogens is 2. The standard InChI is InChI=1S/C15H16ClN3O/c16-14-12(7-8-20)15(18-9-17-14)19-13-6-5-10-3-1-2-4-11(10)13/h1-4,9,13,20H,5-8H2,(H,17,18,19)/t13-/m0/s1. The van der Waals surface area contributed by atoms with E-state index in [4.69, 9.17) is 16.7 Å². The number of benzene rings is 1. The molecular formula is C15H16ClN3O. The highest BCUT2D eigenvalue weighted by Gasteiger charge is 2.23. The molecule has 3 rings (SSSR count). The van der Waals surface area contributed by atoms with Crippen molar-refractivity contribution < 1.29 is 5.11 Å². The van der Waals surface area contributed by atoms with E-state index in [1.165, 1.54) is 17.5 Å². The number of hydrogen-bond donors (Lipinski definition) is 2. The average Bonchev–Trinajstić information content (AvgIpc) is 2.86. The Kier molecular flexibility index (Phi) is 3.85. The van der Waals surface area contributed by atoms with Crippen LogP contribution in [0.4, 0.5) is 5.82 Å². The Morgan fingerprint density at radius 3 is 3.00 bits per heavy atom. The normalized spacial score (nSPS) is 17.0. The number of aliphatic hydroxyl groups excluding tert-OH is 1. The molecular weight excluding hydrogens is 274 g/mol. The molecule has 1 aliphatic rings. The number of rotatable bonds is 4. The number of anilines is 1. The summed E-state index contributed by atoms with van der Waals surface area (Å²) in [6.45, 7) is 0.0308. The van der Waals surface area contributed by atoms with Crippen molar-refractivity contribution in [2.24, 2.45) is 0 Å². The van der Waals surface area contributed by atoms with E-state index < -0.39 is 0 Å². The summed E-state index contributed by atoms with van der Waals surface area (Å²) in [5.41, 5.74) is 3.48. The van der Waals surface area contributed by atoms with E-state index in [9.17, 15) is 0 Å². The molecule has 0 saturated carbocycles. The first-order valence-corrected chi connectivity index (χ1v) is 7.12. The topological polar surface area (TPSA) is 58.0 Å². The van der Waals surface area contributed by atoms with Gasteiger partial charge in [0.15, 0.2) is 0 Å². The third-order valence-corrected chi connectivity index (χ3v) is 4.02. The molecule has 20 heavy (non-hydrogen) atoms. The monoisotopic (exact) mass is 289 g/mol.